The second-order valence-electron chi connectivity index (χ2n) is 5.55. The topological polar surface area (TPSA) is 35.6 Å². The zero-order valence-corrected chi connectivity index (χ0v) is 11.7. The van der Waals surface area contributed by atoms with E-state index >= 15 is 0 Å². The van der Waals surface area contributed by atoms with Gasteiger partial charge >= 0.3 is 0 Å². The van der Waals surface area contributed by atoms with Gasteiger partial charge in [0.05, 0.1) is 6.54 Å². The van der Waals surface area contributed by atoms with Crippen molar-refractivity contribution in [1.29, 1.82) is 0 Å². The van der Waals surface area contributed by atoms with E-state index in [0.717, 1.165) is 45.6 Å². The maximum atomic E-state index is 12.4. The van der Waals surface area contributed by atoms with Crippen molar-refractivity contribution in [3.05, 3.63) is 0 Å². The van der Waals surface area contributed by atoms with Crippen LogP contribution in [0.3, 0.4) is 0 Å². The van der Waals surface area contributed by atoms with Crippen LogP contribution in [0.2, 0.25) is 0 Å². The highest BCUT2D eigenvalue weighted by molar-refractivity contribution is 5.79. The van der Waals surface area contributed by atoms with Gasteiger partial charge in [-0.25, -0.2) is 0 Å². The number of hydrogen-bond acceptors (Lipinski definition) is 3. The van der Waals surface area contributed by atoms with Gasteiger partial charge in [-0.15, -0.1) is 0 Å². The molecular formula is C14H27N3O. The summed E-state index contributed by atoms with van der Waals surface area (Å²) in [5.74, 6) is 0.354. The Hall–Kier alpha value is -0.610. The Morgan fingerprint density at radius 2 is 2.17 bits per heavy atom. The standard InChI is InChI=1S/C14H27N3O/c1-2-3-10-17(13-5-6-13)14(18)12-16-9-4-7-15-8-11-16/h13,15H,2-12H2,1H3. The van der Waals surface area contributed by atoms with Crippen molar-refractivity contribution in [2.24, 2.45) is 0 Å². The maximum Gasteiger partial charge on any atom is 0.236 e. The first-order valence-electron chi connectivity index (χ1n) is 7.54. The third-order valence-electron chi connectivity index (χ3n) is 3.85. The Labute approximate surface area is 111 Å². The zero-order chi connectivity index (χ0) is 12.8. The van der Waals surface area contributed by atoms with Crippen LogP contribution >= 0.6 is 0 Å². The van der Waals surface area contributed by atoms with Crippen molar-refractivity contribution in [3.63, 3.8) is 0 Å². The van der Waals surface area contributed by atoms with Gasteiger partial charge in [0.15, 0.2) is 0 Å². The number of rotatable bonds is 6. The lowest BCUT2D eigenvalue weighted by atomic mass is 10.3. The van der Waals surface area contributed by atoms with Crippen LogP contribution in [0.5, 0.6) is 0 Å². The monoisotopic (exact) mass is 253 g/mol. The highest BCUT2D eigenvalue weighted by Crippen LogP contribution is 2.27. The van der Waals surface area contributed by atoms with Crippen molar-refractivity contribution in [1.82, 2.24) is 15.1 Å². The molecular weight excluding hydrogens is 226 g/mol. The highest BCUT2D eigenvalue weighted by Gasteiger charge is 2.32. The van der Waals surface area contributed by atoms with Gasteiger partial charge < -0.3 is 10.2 Å². The molecule has 1 saturated carbocycles. The number of nitrogens with zero attached hydrogens (tertiary/aromatic N) is 2. The van der Waals surface area contributed by atoms with Gasteiger partial charge in [0.2, 0.25) is 5.91 Å². The normalized spacial score (nSPS) is 21.6. The van der Waals surface area contributed by atoms with Gasteiger partial charge in [0.25, 0.3) is 0 Å². The average Bonchev–Trinajstić information content (AvgIpc) is 3.17. The molecule has 1 saturated heterocycles. The van der Waals surface area contributed by atoms with Crippen LogP contribution in [-0.4, -0.2) is 61.0 Å². The van der Waals surface area contributed by atoms with E-state index in [9.17, 15) is 4.79 Å². The van der Waals surface area contributed by atoms with Gasteiger partial charge in [-0.05, 0) is 38.8 Å². The highest BCUT2D eigenvalue weighted by atomic mass is 16.2. The first-order chi connectivity index (χ1) is 8.81. The molecule has 1 heterocycles. The number of hydrogen-bond donors (Lipinski definition) is 1. The van der Waals surface area contributed by atoms with E-state index in [1.165, 1.54) is 19.3 Å². The Bertz CT molecular complexity index is 258. The van der Waals surface area contributed by atoms with E-state index < -0.39 is 0 Å². The van der Waals surface area contributed by atoms with Crippen LogP contribution < -0.4 is 5.32 Å². The lowest BCUT2D eigenvalue weighted by molar-refractivity contribution is -0.133. The summed E-state index contributed by atoms with van der Waals surface area (Å²) >= 11 is 0. The van der Waals surface area contributed by atoms with Crippen molar-refractivity contribution < 1.29 is 4.79 Å². The summed E-state index contributed by atoms with van der Waals surface area (Å²) in [6.45, 7) is 7.96. The minimum atomic E-state index is 0.354. The third-order valence-corrected chi connectivity index (χ3v) is 3.85. The van der Waals surface area contributed by atoms with Gasteiger partial charge in [0, 0.05) is 25.7 Å². The SMILES string of the molecule is CCCCN(C(=O)CN1CCCNCC1)C1CC1. The lowest BCUT2D eigenvalue weighted by Gasteiger charge is -2.26. The smallest absolute Gasteiger partial charge is 0.236 e. The minimum Gasteiger partial charge on any atom is -0.339 e. The molecule has 1 N–H and O–H groups in total. The van der Waals surface area contributed by atoms with E-state index in [4.69, 9.17) is 0 Å². The van der Waals surface area contributed by atoms with Crippen LogP contribution in [0, 0.1) is 0 Å². The van der Waals surface area contributed by atoms with Gasteiger partial charge in [-0.2, -0.15) is 0 Å². The first-order valence-corrected chi connectivity index (χ1v) is 7.54. The first kappa shape index (κ1) is 13.8. The second-order valence-corrected chi connectivity index (χ2v) is 5.55. The Morgan fingerprint density at radius 1 is 1.33 bits per heavy atom. The molecule has 4 heteroatoms. The summed E-state index contributed by atoms with van der Waals surface area (Å²) in [6, 6.07) is 0.564. The van der Waals surface area contributed by atoms with Gasteiger partial charge in [-0.1, -0.05) is 13.3 Å². The van der Waals surface area contributed by atoms with Crippen molar-refractivity contribution in [3.8, 4) is 0 Å². The number of nitrogens with one attached hydrogen (secondary N) is 1. The minimum absolute atomic E-state index is 0.354. The van der Waals surface area contributed by atoms with Crippen molar-refractivity contribution in [2.45, 2.75) is 45.1 Å². The molecule has 0 atom stereocenters. The summed E-state index contributed by atoms with van der Waals surface area (Å²) in [5, 5.41) is 3.38. The molecule has 2 rings (SSSR count). The third kappa shape index (κ3) is 4.25. The quantitative estimate of drug-likeness (QED) is 0.769. The number of unbranched alkanes of at least 4 members (excludes halogenated alkanes) is 1. The molecule has 0 aromatic rings. The zero-order valence-electron chi connectivity index (χ0n) is 11.7. The molecule has 0 radical (unpaired) electrons. The van der Waals surface area contributed by atoms with E-state index in [-0.39, 0.29) is 0 Å². The summed E-state index contributed by atoms with van der Waals surface area (Å²) in [4.78, 5) is 16.8. The fourth-order valence-electron chi connectivity index (χ4n) is 2.57. The molecule has 1 aliphatic heterocycles. The summed E-state index contributed by atoms with van der Waals surface area (Å²) in [7, 11) is 0. The van der Waals surface area contributed by atoms with E-state index in [1.54, 1.807) is 0 Å². The van der Waals surface area contributed by atoms with E-state index in [2.05, 4.69) is 22.0 Å². The summed E-state index contributed by atoms with van der Waals surface area (Å²) in [6.07, 6.45) is 5.91. The molecule has 18 heavy (non-hydrogen) atoms. The molecule has 2 aliphatic rings. The second kappa shape index (κ2) is 7.10. The molecule has 0 aromatic heterocycles. The van der Waals surface area contributed by atoms with Crippen LogP contribution in [0.15, 0.2) is 0 Å². The number of carbonyl (C=O) groups is 1. The van der Waals surface area contributed by atoms with Gasteiger partial charge in [0.1, 0.15) is 0 Å². The fraction of sp³-hybridized carbons (Fsp3) is 0.929. The predicted octanol–water partition coefficient (Wildman–Crippen LogP) is 1.07. The Kier molecular flexibility index (Phi) is 5.45. The average molecular weight is 253 g/mol. The van der Waals surface area contributed by atoms with E-state index in [0.29, 0.717) is 18.5 Å². The molecule has 1 amide bonds. The molecule has 0 unspecified atom stereocenters. The van der Waals surface area contributed by atoms with Gasteiger partial charge in [-0.3, -0.25) is 9.69 Å². The summed E-state index contributed by atoms with van der Waals surface area (Å²) in [5.41, 5.74) is 0. The fourth-order valence-corrected chi connectivity index (χ4v) is 2.57. The molecule has 0 spiro atoms. The van der Waals surface area contributed by atoms with E-state index in [1.807, 2.05) is 0 Å². The Morgan fingerprint density at radius 3 is 2.89 bits per heavy atom. The maximum absolute atomic E-state index is 12.4. The van der Waals surface area contributed by atoms with Crippen LogP contribution in [0.25, 0.3) is 0 Å². The van der Waals surface area contributed by atoms with Crippen molar-refractivity contribution in [2.75, 3.05) is 39.3 Å². The molecule has 4 nitrogen and oxygen atoms in total. The lowest BCUT2D eigenvalue weighted by Crippen LogP contribution is -2.43. The number of carbonyl (C=O) groups excluding carboxylic acids is 1. The largest absolute Gasteiger partial charge is 0.339 e. The van der Waals surface area contributed by atoms with Crippen LogP contribution in [-0.2, 0) is 4.79 Å². The molecule has 2 fully saturated rings. The predicted molar refractivity (Wildman–Crippen MR) is 73.6 cm³/mol. The Balaban J connectivity index is 1.79. The number of amides is 1. The van der Waals surface area contributed by atoms with Crippen molar-refractivity contribution >= 4 is 5.91 Å². The van der Waals surface area contributed by atoms with Crippen LogP contribution in [0.1, 0.15) is 39.0 Å². The van der Waals surface area contributed by atoms with Crippen LogP contribution in [0.4, 0.5) is 0 Å². The molecule has 104 valence electrons. The molecule has 1 aliphatic carbocycles. The molecule has 0 bridgehead atoms. The summed E-state index contributed by atoms with van der Waals surface area (Å²) < 4.78 is 0. The molecule has 0 aromatic carbocycles.